The number of aliphatic hydroxyl groups excluding tert-OH is 1. The van der Waals surface area contributed by atoms with Gasteiger partial charge >= 0.3 is 0 Å². The highest BCUT2D eigenvalue weighted by atomic mass is 32.1. The highest BCUT2D eigenvalue weighted by Crippen LogP contribution is 2.24. The second-order valence-corrected chi connectivity index (χ2v) is 4.87. The van der Waals surface area contributed by atoms with Gasteiger partial charge in [0.25, 0.3) is 0 Å². The summed E-state index contributed by atoms with van der Waals surface area (Å²) in [7, 11) is 0. The molecule has 1 heterocycles. The third-order valence-corrected chi connectivity index (χ3v) is 3.87. The summed E-state index contributed by atoms with van der Waals surface area (Å²) in [6.07, 6.45) is 3.83. The van der Waals surface area contributed by atoms with Crippen molar-refractivity contribution in [2.45, 2.75) is 33.2 Å². The predicted octanol–water partition coefficient (Wildman–Crippen LogP) is 2.03. The van der Waals surface area contributed by atoms with Crippen LogP contribution in [0.1, 0.15) is 31.7 Å². The third-order valence-electron chi connectivity index (χ3n) is 3.10. The van der Waals surface area contributed by atoms with Crippen LogP contribution in [-0.2, 0) is 6.54 Å². The van der Waals surface area contributed by atoms with Crippen LogP contribution in [0.2, 0.25) is 0 Å². The Kier molecular flexibility index (Phi) is 5.22. The van der Waals surface area contributed by atoms with Gasteiger partial charge in [-0.3, -0.25) is 0 Å². The topological polar surface area (TPSA) is 45.1 Å². The van der Waals surface area contributed by atoms with E-state index in [1.54, 1.807) is 11.3 Å². The lowest BCUT2D eigenvalue weighted by Crippen LogP contribution is -2.36. The van der Waals surface area contributed by atoms with Crippen LogP contribution in [0.4, 0.5) is 0 Å². The van der Waals surface area contributed by atoms with Crippen molar-refractivity contribution in [3.8, 4) is 0 Å². The molecule has 15 heavy (non-hydrogen) atoms. The van der Waals surface area contributed by atoms with E-state index in [-0.39, 0.29) is 12.0 Å². The SMILES string of the molecule is CCC(CC)(CO)CNCc1nccs1. The monoisotopic (exact) mass is 228 g/mol. The van der Waals surface area contributed by atoms with Crippen LogP contribution in [0.5, 0.6) is 0 Å². The zero-order valence-corrected chi connectivity index (χ0v) is 10.3. The summed E-state index contributed by atoms with van der Waals surface area (Å²) in [6, 6.07) is 0. The first-order chi connectivity index (χ1) is 7.26. The largest absolute Gasteiger partial charge is 0.396 e. The highest BCUT2D eigenvalue weighted by molar-refractivity contribution is 7.09. The Morgan fingerprint density at radius 3 is 2.67 bits per heavy atom. The average Bonchev–Trinajstić information content (AvgIpc) is 2.78. The zero-order valence-electron chi connectivity index (χ0n) is 9.49. The highest BCUT2D eigenvalue weighted by Gasteiger charge is 2.24. The maximum Gasteiger partial charge on any atom is 0.106 e. The van der Waals surface area contributed by atoms with Gasteiger partial charge in [-0.2, -0.15) is 0 Å². The first kappa shape index (κ1) is 12.6. The molecule has 0 saturated carbocycles. The van der Waals surface area contributed by atoms with E-state index in [1.807, 2.05) is 11.6 Å². The molecule has 0 aliphatic carbocycles. The summed E-state index contributed by atoms with van der Waals surface area (Å²) >= 11 is 1.66. The van der Waals surface area contributed by atoms with E-state index in [1.165, 1.54) is 0 Å². The number of hydrogen-bond acceptors (Lipinski definition) is 4. The van der Waals surface area contributed by atoms with Gasteiger partial charge in [0.15, 0.2) is 0 Å². The number of hydrogen-bond donors (Lipinski definition) is 2. The van der Waals surface area contributed by atoms with Crippen molar-refractivity contribution in [3.63, 3.8) is 0 Å². The van der Waals surface area contributed by atoms with Crippen molar-refractivity contribution in [1.29, 1.82) is 0 Å². The van der Waals surface area contributed by atoms with Gasteiger partial charge in [0.05, 0.1) is 0 Å². The summed E-state index contributed by atoms with van der Waals surface area (Å²) in [5.41, 5.74) is 0.0389. The third kappa shape index (κ3) is 3.55. The van der Waals surface area contributed by atoms with E-state index >= 15 is 0 Å². The molecule has 0 aromatic carbocycles. The second-order valence-electron chi connectivity index (χ2n) is 3.89. The fraction of sp³-hybridized carbons (Fsp3) is 0.727. The maximum absolute atomic E-state index is 9.38. The van der Waals surface area contributed by atoms with Gasteiger partial charge in [-0.05, 0) is 12.8 Å². The Bertz CT molecular complexity index is 249. The van der Waals surface area contributed by atoms with Gasteiger partial charge < -0.3 is 10.4 Å². The zero-order chi connectivity index (χ0) is 11.1. The lowest BCUT2D eigenvalue weighted by Gasteiger charge is -2.29. The molecule has 0 unspecified atom stereocenters. The van der Waals surface area contributed by atoms with E-state index in [2.05, 4.69) is 24.1 Å². The van der Waals surface area contributed by atoms with Crippen molar-refractivity contribution < 1.29 is 5.11 Å². The first-order valence-corrected chi connectivity index (χ1v) is 6.34. The molecular formula is C11H20N2OS. The fourth-order valence-electron chi connectivity index (χ4n) is 1.55. The maximum atomic E-state index is 9.38. The predicted molar refractivity (Wildman–Crippen MR) is 63.9 cm³/mol. The van der Waals surface area contributed by atoms with E-state index in [9.17, 15) is 5.11 Å². The minimum absolute atomic E-state index is 0.0389. The van der Waals surface area contributed by atoms with Crippen LogP contribution in [0, 0.1) is 5.41 Å². The second kappa shape index (κ2) is 6.20. The molecule has 2 N–H and O–H groups in total. The van der Waals surface area contributed by atoms with Crippen LogP contribution in [0.25, 0.3) is 0 Å². The van der Waals surface area contributed by atoms with Gasteiger partial charge in [-0.25, -0.2) is 4.98 Å². The number of aliphatic hydroxyl groups is 1. The normalized spacial score (nSPS) is 11.9. The molecule has 4 heteroatoms. The van der Waals surface area contributed by atoms with E-state index in [0.717, 1.165) is 30.9 Å². The molecular weight excluding hydrogens is 208 g/mol. The van der Waals surface area contributed by atoms with E-state index < -0.39 is 0 Å². The van der Waals surface area contributed by atoms with Gasteiger partial charge in [0, 0.05) is 36.7 Å². The Morgan fingerprint density at radius 2 is 2.20 bits per heavy atom. The summed E-state index contributed by atoms with van der Waals surface area (Å²) < 4.78 is 0. The standard InChI is InChI=1S/C11H20N2OS/c1-3-11(4-2,9-14)8-12-7-10-13-5-6-15-10/h5-6,12,14H,3-4,7-9H2,1-2H3. The Morgan fingerprint density at radius 1 is 1.47 bits per heavy atom. The molecule has 0 spiro atoms. The molecule has 0 radical (unpaired) electrons. The average molecular weight is 228 g/mol. The molecule has 0 aliphatic rings. The Labute approximate surface area is 95.6 Å². The van der Waals surface area contributed by atoms with Crippen LogP contribution in [-0.4, -0.2) is 23.2 Å². The van der Waals surface area contributed by atoms with Crippen molar-refractivity contribution in [3.05, 3.63) is 16.6 Å². The van der Waals surface area contributed by atoms with Gasteiger partial charge in [0.2, 0.25) is 0 Å². The smallest absolute Gasteiger partial charge is 0.106 e. The van der Waals surface area contributed by atoms with Crippen molar-refractivity contribution in [2.75, 3.05) is 13.2 Å². The molecule has 86 valence electrons. The molecule has 0 saturated heterocycles. The molecule has 1 aromatic rings. The molecule has 0 atom stereocenters. The number of rotatable bonds is 7. The molecule has 1 rings (SSSR count). The number of nitrogens with zero attached hydrogens (tertiary/aromatic N) is 1. The van der Waals surface area contributed by atoms with E-state index in [4.69, 9.17) is 0 Å². The van der Waals surface area contributed by atoms with Crippen LogP contribution in [0.15, 0.2) is 11.6 Å². The molecule has 0 fully saturated rings. The summed E-state index contributed by atoms with van der Waals surface area (Å²) in [5, 5.41) is 15.8. The van der Waals surface area contributed by atoms with Crippen molar-refractivity contribution in [1.82, 2.24) is 10.3 Å². The fourth-order valence-corrected chi connectivity index (χ4v) is 2.14. The van der Waals surface area contributed by atoms with Crippen LogP contribution in [0.3, 0.4) is 0 Å². The number of thiazole rings is 1. The molecule has 3 nitrogen and oxygen atoms in total. The number of nitrogens with one attached hydrogen (secondary N) is 1. The number of aromatic nitrogens is 1. The quantitative estimate of drug-likeness (QED) is 0.750. The van der Waals surface area contributed by atoms with Crippen molar-refractivity contribution in [2.24, 2.45) is 5.41 Å². The Hall–Kier alpha value is -0.450. The lowest BCUT2D eigenvalue weighted by atomic mass is 9.83. The van der Waals surface area contributed by atoms with Crippen LogP contribution >= 0.6 is 11.3 Å². The summed E-state index contributed by atoms with van der Waals surface area (Å²) in [4.78, 5) is 4.21. The summed E-state index contributed by atoms with van der Waals surface area (Å²) in [5.74, 6) is 0. The van der Waals surface area contributed by atoms with Crippen molar-refractivity contribution >= 4 is 11.3 Å². The minimum Gasteiger partial charge on any atom is -0.396 e. The van der Waals surface area contributed by atoms with Crippen LogP contribution < -0.4 is 5.32 Å². The molecule has 0 amide bonds. The van der Waals surface area contributed by atoms with Gasteiger partial charge in [0.1, 0.15) is 5.01 Å². The van der Waals surface area contributed by atoms with Gasteiger partial charge in [-0.15, -0.1) is 11.3 Å². The first-order valence-electron chi connectivity index (χ1n) is 5.46. The lowest BCUT2D eigenvalue weighted by molar-refractivity contribution is 0.113. The van der Waals surface area contributed by atoms with E-state index in [0.29, 0.717) is 0 Å². The molecule has 0 aliphatic heterocycles. The minimum atomic E-state index is 0.0389. The summed E-state index contributed by atoms with van der Waals surface area (Å²) in [6.45, 7) is 6.18. The molecule has 1 aromatic heterocycles. The molecule has 0 bridgehead atoms. The van der Waals surface area contributed by atoms with Gasteiger partial charge in [-0.1, -0.05) is 13.8 Å². The Balaban J connectivity index is 2.34.